The van der Waals surface area contributed by atoms with E-state index in [1.54, 1.807) is 0 Å². The summed E-state index contributed by atoms with van der Waals surface area (Å²) in [5, 5.41) is 1.11. The Hall–Kier alpha value is -1.36. The SMILES string of the molecule is Cc1c(C(=O)C2C(C)(C)C2(C)C)c2ccccc2n1CCN1CCOCC1.Cl. The highest BCUT2D eigenvalue weighted by Gasteiger charge is 2.68. The van der Waals surface area contributed by atoms with Crippen molar-refractivity contribution in [1.29, 1.82) is 0 Å². The standard InChI is InChI=1S/C23H32N2O2.ClH/c1-16-19(20(26)21-22(2,3)23(21,4)5)17-8-6-7-9-18(17)25(16)11-10-24-12-14-27-15-13-24;/h6-9,21H,10-15H2,1-5H3;1H. The van der Waals surface area contributed by atoms with Crippen molar-refractivity contribution >= 4 is 29.1 Å². The summed E-state index contributed by atoms with van der Waals surface area (Å²) in [4.78, 5) is 16.0. The van der Waals surface area contributed by atoms with Gasteiger partial charge in [0, 0.05) is 54.3 Å². The number of ketones is 1. The lowest BCUT2D eigenvalue weighted by atomic mass is 9.99. The average molecular weight is 405 g/mol. The van der Waals surface area contributed by atoms with E-state index in [-0.39, 0.29) is 29.2 Å². The van der Waals surface area contributed by atoms with E-state index in [2.05, 4.69) is 62.3 Å². The first-order chi connectivity index (χ1) is 12.8. The molecule has 0 amide bonds. The second kappa shape index (κ2) is 7.47. The van der Waals surface area contributed by atoms with Crippen LogP contribution in [0, 0.1) is 23.7 Å². The lowest BCUT2D eigenvalue weighted by Crippen LogP contribution is -2.38. The Labute approximate surface area is 174 Å². The molecular formula is C23H33ClN2O2. The number of morpholine rings is 1. The summed E-state index contributed by atoms with van der Waals surface area (Å²) >= 11 is 0. The van der Waals surface area contributed by atoms with E-state index in [1.807, 2.05) is 6.07 Å². The van der Waals surface area contributed by atoms with Crippen LogP contribution >= 0.6 is 12.4 Å². The molecule has 0 unspecified atom stereocenters. The summed E-state index contributed by atoms with van der Waals surface area (Å²) < 4.78 is 7.81. The minimum absolute atomic E-state index is 0. The molecule has 1 saturated heterocycles. The summed E-state index contributed by atoms with van der Waals surface area (Å²) in [6.45, 7) is 16.6. The molecule has 2 heterocycles. The number of aromatic nitrogens is 1. The molecule has 0 atom stereocenters. The van der Waals surface area contributed by atoms with Gasteiger partial charge in [-0.2, -0.15) is 0 Å². The third kappa shape index (κ3) is 3.20. The van der Waals surface area contributed by atoms with Gasteiger partial charge >= 0.3 is 0 Å². The van der Waals surface area contributed by atoms with Crippen LogP contribution in [0.3, 0.4) is 0 Å². The van der Waals surface area contributed by atoms with Crippen LogP contribution in [-0.2, 0) is 11.3 Å². The lowest BCUT2D eigenvalue weighted by Gasteiger charge is -2.27. The van der Waals surface area contributed by atoms with Crippen molar-refractivity contribution in [3.63, 3.8) is 0 Å². The van der Waals surface area contributed by atoms with Crippen molar-refractivity contribution in [3.8, 4) is 0 Å². The maximum absolute atomic E-state index is 13.6. The topological polar surface area (TPSA) is 34.5 Å². The molecule has 154 valence electrons. The normalized spacial score (nSPS) is 21.5. The minimum atomic E-state index is 0. The number of carbonyl (C=O) groups excluding carboxylic acids is 1. The Morgan fingerprint density at radius 2 is 1.68 bits per heavy atom. The molecule has 4 rings (SSSR count). The fourth-order valence-corrected chi connectivity index (χ4v) is 5.09. The van der Waals surface area contributed by atoms with Crippen LogP contribution in [0.15, 0.2) is 24.3 Å². The molecule has 5 heteroatoms. The zero-order valence-electron chi connectivity index (χ0n) is 17.7. The van der Waals surface area contributed by atoms with Gasteiger partial charge in [-0.15, -0.1) is 12.4 Å². The van der Waals surface area contributed by atoms with Crippen LogP contribution in [0.2, 0.25) is 0 Å². The highest BCUT2D eigenvalue weighted by molar-refractivity contribution is 6.12. The van der Waals surface area contributed by atoms with Gasteiger partial charge in [-0.1, -0.05) is 45.9 Å². The Morgan fingerprint density at radius 1 is 1.07 bits per heavy atom. The fourth-order valence-electron chi connectivity index (χ4n) is 5.09. The van der Waals surface area contributed by atoms with E-state index < -0.39 is 0 Å². The quantitative estimate of drug-likeness (QED) is 0.684. The highest BCUT2D eigenvalue weighted by Crippen LogP contribution is 2.69. The van der Waals surface area contributed by atoms with Crippen LogP contribution in [-0.4, -0.2) is 48.1 Å². The monoisotopic (exact) mass is 404 g/mol. The van der Waals surface area contributed by atoms with Gasteiger partial charge < -0.3 is 9.30 Å². The van der Waals surface area contributed by atoms with Crippen LogP contribution in [0.4, 0.5) is 0 Å². The average Bonchev–Trinajstić information content (AvgIpc) is 2.91. The van der Waals surface area contributed by atoms with Crippen LogP contribution in [0.5, 0.6) is 0 Å². The molecule has 1 aromatic carbocycles. The van der Waals surface area contributed by atoms with Gasteiger partial charge in [-0.05, 0) is 23.8 Å². The number of fused-ring (bicyclic) bond motifs is 1. The molecule has 1 aromatic heterocycles. The number of nitrogens with zero attached hydrogens (tertiary/aromatic N) is 2. The van der Waals surface area contributed by atoms with Gasteiger partial charge in [-0.3, -0.25) is 9.69 Å². The van der Waals surface area contributed by atoms with E-state index in [1.165, 1.54) is 5.52 Å². The summed E-state index contributed by atoms with van der Waals surface area (Å²) in [6.07, 6.45) is 0. The number of hydrogen-bond acceptors (Lipinski definition) is 3. The first-order valence-electron chi connectivity index (χ1n) is 10.2. The van der Waals surface area contributed by atoms with Gasteiger partial charge in [-0.25, -0.2) is 0 Å². The van der Waals surface area contributed by atoms with E-state index in [9.17, 15) is 4.79 Å². The second-order valence-corrected chi connectivity index (χ2v) is 9.32. The van der Waals surface area contributed by atoms with E-state index in [0.29, 0.717) is 5.78 Å². The summed E-state index contributed by atoms with van der Waals surface area (Å²) in [5.41, 5.74) is 3.37. The molecule has 1 aliphatic heterocycles. The molecule has 0 radical (unpaired) electrons. The Balaban J connectivity index is 0.00000225. The number of ether oxygens (including phenoxy) is 1. The number of rotatable bonds is 5. The smallest absolute Gasteiger partial charge is 0.169 e. The van der Waals surface area contributed by atoms with Gasteiger partial charge in [0.1, 0.15) is 0 Å². The van der Waals surface area contributed by atoms with E-state index >= 15 is 0 Å². The lowest BCUT2D eigenvalue weighted by molar-refractivity contribution is 0.0365. The first-order valence-corrected chi connectivity index (χ1v) is 10.2. The van der Waals surface area contributed by atoms with Crippen molar-refractivity contribution in [2.24, 2.45) is 16.7 Å². The molecule has 1 aliphatic carbocycles. The first kappa shape index (κ1) is 21.4. The molecule has 2 fully saturated rings. The minimum Gasteiger partial charge on any atom is -0.379 e. The van der Waals surface area contributed by atoms with E-state index in [4.69, 9.17) is 4.74 Å². The zero-order chi connectivity index (χ0) is 19.4. The number of para-hydroxylation sites is 1. The second-order valence-electron chi connectivity index (χ2n) is 9.32. The predicted molar refractivity (Wildman–Crippen MR) is 117 cm³/mol. The maximum atomic E-state index is 13.6. The van der Waals surface area contributed by atoms with Gasteiger partial charge in [0.15, 0.2) is 5.78 Å². The summed E-state index contributed by atoms with van der Waals surface area (Å²) in [7, 11) is 0. The van der Waals surface area contributed by atoms with Crippen molar-refractivity contribution in [2.75, 3.05) is 32.8 Å². The molecule has 0 spiro atoms. The summed E-state index contributed by atoms with van der Waals surface area (Å²) in [6, 6.07) is 8.39. The van der Waals surface area contributed by atoms with Crippen LogP contribution in [0.1, 0.15) is 43.7 Å². The summed E-state index contributed by atoms with van der Waals surface area (Å²) in [5.74, 6) is 0.422. The van der Waals surface area contributed by atoms with Gasteiger partial charge in [0.05, 0.1) is 13.2 Å². The molecule has 28 heavy (non-hydrogen) atoms. The predicted octanol–water partition coefficient (Wildman–Crippen LogP) is 4.57. The van der Waals surface area contributed by atoms with Gasteiger partial charge in [0.25, 0.3) is 0 Å². The number of Topliss-reactive ketones (excluding diaryl/α,β-unsaturated/α-hetero) is 1. The van der Waals surface area contributed by atoms with Crippen molar-refractivity contribution in [2.45, 2.75) is 41.2 Å². The maximum Gasteiger partial charge on any atom is 0.169 e. The molecule has 2 aromatic rings. The molecule has 2 aliphatic rings. The van der Waals surface area contributed by atoms with Crippen molar-refractivity contribution in [1.82, 2.24) is 9.47 Å². The number of halogens is 1. The number of hydrogen-bond donors (Lipinski definition) is 0. The third-order valence-electron chi connectivity index (χ3n) is 7.50. The largest absolute Gasteiger partial charge is 0.379 e. The molecule has 1 saturated carbocycles. The molecule has 0 bridgehead atoms. The Morgan fingerprint density at radius 3 is 2.29 bits per heavy atom. The van der Waals surface area contributed by atoms with Crippen LogP contribution in [0.25, 0.3) is 10.9 Å². The highest BCUT2D eigenvalue weighted by atomic mass is 35.5. The zero-order valence-corrected chi connectivity index (χ0v) is 18.6. The molecular weight excluding hydrogens is 372 g/mol. The Bertz CT molecular complexity index is 864. The number of benzene rings is 1. The Kier molecular flexibility index (Phi) is 5.70. The number of carbonyl (C=O) groups is 1. The van der Waals surface area contributed by atoms with Crippen molar-refractivity contribution in [3.05, 3.63) is 35.5 Å². The van der Waals surface area contributed by atoms with Crippen LogP contribution < -0.4 is 0 Å². The fraction of sp³-hybridized carbons (Fsp3) is 0.609. The van der Waals surface area contributed by atoms with Crippen molar-refractivity contribution < 1.29 is 9.53 Å². The third-order valence-corrected chi connectivity index (χ3v) is 7.50. The molecule has 0 N–H and O–H groups in total. The van der Waals surface area contributed by atoms with E-state index in [0.717, 1.165) is 56.0 Å². The molecule has 4 nitrogen and oxygen atoms in total. The van der Waals surface area contributed by atoms with Gasteiger partial charge in [0.2, 0.25) is 0 Å².